The van der Waals surface area contributed by atoms with Gasteiger partial charge in [0.25, 0.3) is 0 Å². The van der Waals surface area contributed by atoms with Crippen molar-refractivity contribution >= 4 is 17.7 Å². The van der Waals surface area contributed by atoms with E-state index in [-0.39, 0.29) is 18.1 Å². The lowest BCUT2D eigenvalue weighted by Gasteiger charge is -2.26. The first-order valence-corrected chi connectivity index (χ1v) is 7.44. The zero-order valence-electron chi connectivity index (χ0n) is 11.0. The molecule has 1 rings (SSSR count). The number of hydrogen-bond acceptors (Lipinski definition) is 3. The van der Waals surface area contributed by atoms with Gasteiger partial charge in [0, 0.05) is 12.3 Å². The van der Waals surface area contributed by atoms with E-state index in [1.807, 2.05) is 4.90 Å². The number of thioether (sulfide) groups is 1. The second kappa shape index (κ2) is 5.92. The summed E-state index contributed by atoms with van der Waals surface area (Å²) in [4.78, 5) is 14.2. The summed E-state index contributed by atoms with van der Waals surface area (Å²) in [7, 11) is 0. The van der Waals surface area contributed by atoms with Crippen LogP contribution in [0.3, 0.4) is 0 Å². The van der Waals surface area contributed by atoms with Crippen LogP contribution >= 0.6 is 11.8 Å². The maximum atomic E-state index is 12.2. The zero-order valence-corrected chi connectivity index (χ0v) is 11.8. The van der Waals surface area contributed by atoms with Gasteiger partial charge in [0.05, 0.1) is 12.2 Å². The molecule has 0 aromatic rings. The molecule has 1 amide bonds. The molecule has 16 heavy (non-hydrogen) atoms. The van der Waals surface area contributed by atoms with E-state index < -0.39 is 0 Å². The van der Waals surface area contributed by atoms with E-state index in [1.54, 1.807) is 11.8 Å². The molecule has 0 spiro atoms. The molecule has 1 saturated heterocycles. The smallest absolute Gasteiger partial charge is 0.241 e. The van der Waals surface area contributed by atoms with Gasteiger partial charge < -0.3 is 4.90 Å². The summed E-state index contributed by atoms with van der Waals surface area (Å²) < 4.78 is 0. The Morgan fingerprint density at radius 3 is 2.38 bits per heavy atom. The lowest BCUT2D eigenvalue weighted by atomic mass is 10.1. The fourth-order valence-corrected chi connectivity index (χ4v) is 2.51. The molecule has 0 aromatic carbocycles. The number of nitrogens with one attached hydrogen (secondary N) is 1. The van der Waals surface area contributed by atoms with E-state index in [0.29, 0.717) is 11.8 Å². The molecule has 4 heteroatoms. The van der Waals surface area contributed by atoms with Gasteiger partial charge in [-0.1, -0.05) is 27.7 Å². The third-order valence-corrected chi connectivity index (χ3v) is 3.66. The van der Waals surface area contributed by atoms with Crippen LogP contribution in [-0.2, 0) is 4.79 Å². The van der Waals surface area contributed by atoms with E-state index in [9.17, 15) is 4.79 Å². The Kier molecular flexibility index (Phi) is 5.12. The van der Waals surface area contributed by atoms with Gasteiger partial charge in [0.15, 0.2) is 0 Å². The van der Waals surface area contributed by atoms with Gasteiger partial charge in [0.2, 0.25) is 5.91 Å². The van der Waals surface area contributed by atoms with Crippen molar-refractivity contribution in [1.82, 2.24) is 10.2 Å². The highest BCUT2D eigenvalue weighted by molar-refractivity contribution is 7.98. The molecule has 2 unspecified atom stereocenters. The van der Waals surface area contributed by atoms with Crippen LogP contribution in [0.5, 0.6) is 0 Å². The van der Waals surface area contributed by atoms with Crippen LogP contribution in [-0.4, -0.2) is 41.6 Å². The number of carbonyl (C=O) groups is 1. The molecule has 0 saturated carbocycles. The molecule has 1 heterocycles. The Morgan fingerprint density at radius 1 is 1.31 bits per heavy atom. The number of hydrogen-bond donors (Lipinski definition) is 1. The highest BCUT2D eigenvalue weighted by Crippen LogP contribution is 2.21. The molecule has 3 nitrogen and oxygen atoms in total. The van der Waals surface area contributed by atoms with Gasteiger partial charge in [-0.15, -0.1) is 0 Å². The number of amides is 1. The van der Waals surface area contributed by atoms with Gasteiger partial charge in [0.1, 0.15) is 0 Å². The molecular weight excluding hydrogens is 220 g/mol. The molecule has 2 atom stereocenters. The van der Waals surface area contributed by atoms with E-state index >= 15 is 0 Å². The highest BCUT2D eigenvalue weighted by Gasteiger charge is 2.40. The Labute approximate surface area is 103 Å². The van der Waals surface area contributed by atoms with Crippen LogP contribution in [0, 0.1) is 11.8 Å². The van der Waals surface area contributed by atoms with E-state index in [0.717, 1.165) is 12.3 Å². The Morgan fingerprint density at radius 2 is 1.94 bits per heavy atom. The van der Waals surface area contributed by atoms with E-state index in [4.69, 9.17) is 0 Å². The second-order valence-corrected chi connectivity index (χ2v) is 6.09. The maximum absolute atomic E-state index is 12.2. The van der Waals surface area contributed by atoms with Crippen molar-refractivity contribution in [3.8, 4) is 0 Å². The van der Waals surface area contributed by atoms with Crippen LogP contribution in [0.25, 0.3) is 0 Å². The largest absolute Gasteiger partial charge is 0.325 e. The first-order valence-electron chi connectivity index (χ1n) is 6.04. The quantitative estimate of drug-likeness (QED) is 0.800. The molecular formula is C12H24N2OS. The average Bonchev–Trinajstić information content (AvgIpc) is 2.53. The topological polar surface area (TPSA) is 32.3 Å². The number of nitrogens with zero attached hydrogens (tertiary/aromatic N) is 1. The first-order chi connectivity index (χ1) is 7.49. The molecule has 1 aliphatic heterocycles. The standard InChI is InChI=1S/C12H24N2OS/c1-8(2)10-12(15)14(6-7-16-5)11(13-10)9(3)4/h8-11,13H,6-7H2,1-5H3. The fraction of sp³-hybridized carbons (Fsp3) is 0.917. The van der Waals surface area contributed by atoms with Crippen molar-refractivity contribution in [2.75, 3.05) is 18.6 Å². The van der Waals surface area contributed by atoms with Crippen LogP contribution in [0.2, 0.25) is 0 Å². The minimum Gasteiger partial charge on any atom is -0.325 e. The Hall–Kier alpha value is -0.220. The zero-order chi connectivity index (χ0) is 12.3. The van der Waals surface area contributed by atoms with Gasteiger partial charge in [-0.3, -0.25) is 10.1 Å². The summed E-state index contributed by atoms with van der Waals surface area (Å²) in [6.07, 6.45) is 2.30. The van der Waals surface area contributed by atoms with Crippen LogP contribution in [0.15, 0.2) is 0 Å². The van der Waals surface area contributed by atoms with Crippen molar-refractivity contribution < 1.29 is 4.79 Å². The van der Waals surface area contributed by atoms with Crippen LogP contribution < -0.4 is 5.32 Å². The van der Waals surface area contributed by atoms with Gasteiger partial charge in [-0.25, -0.2) is 0 Å². The van der Waals surface area contributed by atoms with Gasteiger partial charge in [-0.2, -0.15) is 11.8 Å². The Bertz CT molecular complexity index is 243. The third kappa shape index (κ3) is 2.92. The maximum Gasteiger partial charge on any atom is 0.241 e. The lowest BCUT2D eigenvalue weighted by Crippen LogP contribution is -2.42. The molecule has 1 N–H and O–H groups in total. The Balaban J connectivity index is 2.72. The molecule has 1 fully saturated rings. The molecule has 94 valence electrons. The van der Waals surface area contributed by atoms with Crippen molar-refractivity contribution in [1.29, 1.82) is 0 Å². The van der Waals surface area contributed by atoms with Gasteiger partial charge >= 0.3 is 0 Å². The summed E-state index contributed by atoms with van der Waals surface area (Å²) in [5, 5.41) is 3.47. The summed E-state index contributed by atoms with van der Waals surface area (Å²) >= 11 is 1.79. The van der Waals surface area contributed by atoms with Crippen molar-refractivity contribution in [2.24, 2.45) is 11.8 Å². The highest BCUT2D eigenvalue weighted by atomic mass is 32.2. The number of carbonyl (C=O) groups excluding carboxylic acids is 1. The van der Waals surface area contributed by atoms with Crippen molar-refractivity contribution in [2.45, 2.75) is 39.9 Å². The molecule has 0 aliphatic carbocycles. The minimum atomic E-state index is 0.00857. The lowest BCUT2D eigenvalue weighted by molar-refractivity contribution is -0.130. The summed E-state index contributed by atoms with van der Waals surface area (Å²) in [5.41, 5.74) is 0. The first kappa shape index (κ1) is 13.8. The molecule has 0 radical (unpaired) electrons. The normalized spacial score (nSPS) is 26.2. The SMILES string of the molecule is CSCCN1C(=O)C(C(C)C)NC1C(C)C. The monoisotopic (exact) mass is 244 g/mol. The van der Waals surface area contributed by atoms with Crippen molar-refractivity contribution in [3.63, 3.8) is 0 Å². The average molecular weight is 244 g/mol. The van der Waals surface area contributed by atoms with Crippen LogP contribution in [0.4, 0.5) is 0 Å². The fourth-order valence-electron chi connectivity index (χ4n) is 2.13. The van der Waals surface area contributed by atoms with E-state index in [1.165, 1.54) is 0 Å². The molecule has 0 bridgehead atoms. The number of rotatable bonds is 5. The van der Waals surface area contributed by atoms with Crippen molar-refractivity contribution in [3.05, 3.63) is 0 Å². The van der Waals surface area contributed by atoms with E-state index in [2.05, 4.69) is 39.3 Å². The van der Waals surface area contributed by atoms with Crippen LogP contribution in [0.1, 0.15) is 27.7 Å². The summed E-state index contributed by atoms with van der Waals surface area (Å²) in [6, 6.07) is 0.00857. The molecule has 1 aliphatic rings. The minimum absolute atomic E-state index is 0.00857. The molecule has 0 aromatic heterocycles. The second-order valence-electron chi connectivity index (χ2n) is 5.10. The predicted octanol–water partition coefficient (Wildman–Crippen LogP) is 1.79. The predicted molar refractivity (Wildman–Crippen MR) is 70.5 cm³/mol. The third-order valence-electron chi connectivity index (χ3n) is 3.07. The summed E-state index contributed by atoms with van der Waals surface area (Å²) in [6.45, 7) is 9.40. The summed E-state index contributed by atoms with van der Waals surface area (Å²) in [5.74, 6) is 2.13. The van der Waals surface area contributed by atoms with Gasteiger partial charge in [-0.05, 0) is 18.1 Å².